The average Bonchev–Trinajstić information content (AvgIpc) is 3.23. The highest BCUT2D eigenvalue weighted by Gasteiger charge is 2.43. The summed E-state index contributed by atoms with van der Waals surface area (Å²) in [5.41, 5.74) is 3.86. The van der Waals surface area contributed by atoms with Crippen molar-refractivity contribution in [3.8, 4) is 17.3 Å². The van der Waals surface area contributed by atoms with Crippen molar-refractivity contribution in [3.05, 3.63) is 83.6 Å². The SMILES string of the molecule is CC1(C)CC(=O)C2=C(C1)Oc1ncn3nc(-c4ccncc4)nc3c1C2c1ccccc1. The van der Waals surface area contributed by atoms with Crippen LogP contribution in [0.4, 0.5) is 0 Å². The van der Waals surface area contributed by atoms with Crippen molar-refractivity contribution in [2.45, 2.75) is 32.6 Å². The highest BCUT2D eigenvalue weighted by molar-refractivity contribution is 6.00. The largest absolute Gasteiger partial charge is 0.442 e. The second-order valence-electron chi connectivity index (χ2n) is 9.13. The van der Waals surface area contributed by atoms with Gasteiger partial charge in [0.1, 0.15) is 12.1 Å². The molecule has 0 saturated carbocycles. The van der Waals surface area contributed by atoms with Crippen LogP contribution in [0.5, 0.6) is 5.88 Å². The van der Waals surface area contributed by atoms with Gasteiger partial charge < -0.3 is 4.74 Å². The minimum absolute atomic E-state index is 0.117. The van der Waals surface area contributed by atoms with Crippen LogP contribution in [0.15, 0.2) is 72.5 Å². The van der Waals surface area contributed by atoms with Gasteiger partial charge in [-0.15, -0.1) is 5.10 Å². The van der Waals surface area contributed by atoms with Gasteiger partial charge in [0.2, 0.25) is 5.88 Å². The number of pyridine rings is 1. The first-order valence-electron chi connectivity index (χ1n) is 10.6. The number of ketones is 1. The van der Waals surface area contributed by atoms with Crippen molar-refractivity contribution in [1.29, 1.82) is 0 Å². The number of allylic oxidation sites excluding steroid dienone is 2. The summed E-state index contributed by atoms with van der Waals surface area (Å²) in [6.45, 7) is 4.20. The smallest absolute Gasteiger partial charge is 0.228 e. The molecule has 158 valence electrons. The van der Waals surface area contributed by atoms with E-state index in [1.807, 2.05) is 42.5 Å². The molecule has 3 aromatic heterocycles. The van der Waals surface area contributed by atoms with Crippen LogP contribution < -0.4 is 4.74 Å². The molecule has 0 amide bonds. The van der Waals surface area contributed by atoms with Crippen molar-refractivity contribution in [3.63, 3.8) is 0 Å². The lowest BCUT2D eigenvalue weighted by Crippen LogP contribution is -2.33. The number of Topliss-reactive ketones (excluding diaryl/α,β-unsaturated/α-hetero) is 1. The van der Waals surface area contributed by atoms with Crippen molar-refractivity contribution in [1.82, 2.24) is 24.6 Å². The third-order valence-electron chi connectivity index (χ3n) is 6.13. The van der Waals surface area contributed by atoms with Gasteiger partial charge in [-0.3, -0.25) is 9.78 Å². The Balaban J connectivity index is 1.61. The number of carbonyl (C=O) groups excluding carboxylic acids is 1. The number of ether oxygens (including phenoxy) is 1. The summed E-state index contributed by atoms with van der Waals surface area (Å²) in [6.07, 6.45) is 6.22. The Morgan fingerprint density at radius 2 is 1.84 bits per heavy atom. The monoisotopic (exact) mass is 423 g/mol. The summed E-state index contributed by atoms with van der Waals surface area (Å²) in [6, 6.07) is 13.8. The van der Waals surface area contributed by atoms with Gasteiger partial charge in [-0.25, -0.2) is 14.5 Å². The van der Waals surface area contributed by atoms with Crippen LogP contribution >= 0.6 is 0 Å². The minimum Gasteiger partial charge on any atom is -0.442 e. The molecule has 6 rings (SSSR count). The van der Waals surface area contributed by atoms with Gasteiger partial charge in [0.15, 0.2) is 17.3 Å². The van der Waals surface area contributed by atoms with Gasteiger partial charge in [0.25, 0.3) is 0 Å². The molecular formula is C25H21N5O2. The Kier molecular flexibility index (Phi) is 4.02. The second-order valence-corrected chi connectivity index (χ2v) is 9.13. The maximum Gasteiger partial charge on any atom is 0.228 e. The maximum absolute atomic E-state index is 13.4. The highest BCUT2D eigenvalue weighted by atomic mass is 16.5. The quantitative estimate of drug-likeness (QED) is 0.477. The molecule has 1 atom stereocenters. The van der Waals surface area contributed by atoms with Crippen molar-refractivity contribution in [2.24, 2.45) is 5.41 Å². The molecule has 0 fully saturated rings. The van der Waals surface area contributed by atoms with Gasteiger partial charge in [0, 0.05) is 42.3 Å². The molecule has 32 heavy (non-hydrogen) atoms. The number of hydrogen-bond acceptors (Lipinski definition) is 6. The average molecular weight is 423 g/mol. The minimum atomic E-state index is -0.302. The first-order valence-corrected chi connectivity index (χ1v) is 10.6. The lowest BCUT2D eigenvalue weighted by molar-refractivity contribution is -0.118. The molecule has 2 aliphatic rings. The molecule has 0 spiro atoms. The van der Waals surface area contributed by atoms with Gasteiger partial charge in [0.05, 0.1) is 5.56 Å². The topological polar surface area (TPSA) is 82.3 Å². The Hall–Kier alpha value is -3.87. The third kappa shape index (κ3) is 2.92. The Bertz CT molecular complexity index is 1390. The van der Waals surface area contributed by atoms with E-state index < -0.39 is 0 Å². The van der Waals surface area contributed by atoms with Crippen LogP contribution in [0.3, 0.4) is 0 Å². The molecule has 7 nitrogen and oxygen atoms in total. The summed E-state index contributed by atoms with van der Waals surface area (Å²) in [7, 11) is 0. The number of fused-ring (bicyclic) bond motifs is 3. The van der Waals surface area contributed by atoms with Gasteiger partial charge >= 0.3 is 0 Å². The zero-order valence-corrected chi connectivity index (χ0v) is 17.8. The normalized spacial score (nSPS) is 19.4. The van der Waals surface area contributed by atoms with E-state index in [1.165, 1.54) is 0 Å². The molecule has 0 saturated heterocycles. The van der Waals surface area contributed by atoms with Crippen LogP contribution in [0.25, 0.3) is 17.0 Å². The van der Waals surface area contributed by atoms with Gasteiger partial charge in [-0.1, -0.05) is 44.2 Å². The first kappa shape index (κ1) is 18.9. The Labute approximate surface area is 184 Å². The van der Waals surface area contributed by atoms with Crippen molar-refractivity contribution >= 4 is 11.4 Å². The van der Waals surface area contributed by atoms with Gasteiger partial charge in [-0.05, 0) is 23.1 Å². The Morgan fingerprint density at radius 1 is 1.06 bits per heavy atom. The summed E-state index contributed by atoms with van der Waals surface area (Å²) < 4.78 is 7.94. The fourth-order valence-electron chi connectivity index (χ4n) is 4.75. The lowest BCUT2D eigenvalue weighted by Gasteiger charge is -2.37. The molecule has 1 unspecified atom stereocenters. The van der Waals surface area contributed by atoms with E-state index in [0.717, 1.165) is 22.4 Å². The van der Waals surface area contributed by atoms with E-state index >= 15 is 0 Å². The molecule has 0 radical (unpaired) electrons. The number of nitrogens with zero attached hydrogens (tertiary/aromatic N) is 5. The van der Waals surface area contributed by atoms with Gasteiger partial charge in [-0.2, -0.15) is 0 Å². The molecule has 0 bridgehead atoms. The van der Waals surface area contributed by atoms with Crippen LogP contribution in [0, 0.1) is 5.41 Å². The number of hydrogen-bond donors (Lipinski definition) is 0. The zero-order chi connectivity index (χ0) is 21.9. The molecule has 1 aliphatic carbocycles. The van der Waals surface area contributed by atoms with Crippen LogP contribution in [-0.4, -0.2) is 30.3 Å². The fourth-order valence-corrected chi connectivity index (χ4v) is 4.75. The van der Waals surface area contributed by atoms with Crippen LogP contribution in [0.2, 0.25) is 0 Å². The number of aromatic nitrogens is 5. The van der Waals surface area contributed by atoms with E-state index in [1.54, 1.807) is 23.2 Å². The fraction of sp³-hybridized carbons (Fsp3) is 0.240. The van der Waals surface area contributed by atoms with E-state index in [4.69, 9.17) is 9.72 Å². The second kappa shape index (κ2) is 6.82. The van der Waals surface area contributed by atoms with E-state index in [0.29, 0.717) is 35.8 Å². The van der Waals surface area contributed by atoms with E-state index in [9.17, 15) is 4.79 Å². The standard InChI is InChI=1S/C25H21N5O2/c1-25(2)12-17(31)20-18(13-25)32-24-21(19(20)15-6-4-3-5-7-15)23-28-22(29-30(23)14-27-24)16-8-10-26-11-9-16/h3-11,14,19H,12-13H2,1-2H3. The third-order valence-corrected chi connectivity index (χ3v) is 6.13. The summed E-state index contributed by atoms with van der Waals surface area (Å²) >= 11 is 0. The molecule has 4 aromatic rings. The molecular weight excluding hydrogens is 402 g/mol. The number of carbonyl (C=O) groups is 1. The molecule has 4 heterocycles. The molecule has 7 heteroatoms. The molecule has 1 aromatic carbocycles. The van der Waals surface area contributed by atoms with Crippen LogP contribution in [0.1, 0.15) is 43.7 Å². The Morgan fingerprint density at radius 3 is 2.62 bits per heavy atom. The lowest BCUT2D eigenvalue weighted by atomic mass is 9.70. The number of benzene rings is 1. The van der Waals surface area contributed by atoms with Crippen molar-refractivity contribution < 1.29 is 9.53 Å². The van der Waals surface area contributed by atoms with E-state index in [-0.39, 0.29) is 17.1 Å². The summed E-state index contributed by atoms with van der Waals surface area (Å²) in [5.74, 6) is 1.60. The van der Waals surface area contributed by atoms with Crippen molar-refractivity contribution in [2.75, 3.05) is 0 Å². The predicted octanol–water partition coefficient (Wildman–Crippen LogP) is 4.35. The highest BCUT2D eigenvalue weighted by Crippen LogP contribution is 2.50. The van der Waals surface area contributed by atoms with E-state index in [2.05, 4.69) is 28.9 Å². The van der Waals surface area contributed by atoms with Crippen LogP contribution in [-0.2, 0) is 4.79 Å². The first-order chi connectivity index (χ1) is 15.5. The summed E-state index contributed by atoms with van der Waals surface area (Å²) in [5, 5.41) is 4.62. The maximum atomic E-state index is 13.4. The number of rotatable bonds is 2. The molecule has 0 N–H and O–H groups in total. The summed E-state index contributed by atoms with van der Waals surface area (Å²) in [4.78, 5) is 26.9. The predicted molar refractivity (Wildman–Crippen MR) is 118 cm³/mol. The molecule has 1 aliphatic heterocycles. The zero-order valence-electron chi connectivity index (χ0n) is 17.8.